The Morgan fingerprint density at radius 1 is 1.22 bits per heavy atom. The normalized spacial score (nSPS) is 28.4. The zero-order valence-corrected chi connectivity index (χ0v) is 11.2. The Balaban J connectivity index is 1.76. The first-order chi connectivity index (χ1) is 8.70. The van der Waals surface area contributed by atoms with Gasteiger partial charge in [-0.25, -0.2) is 0 Å². The Bertz CT molecular complexity index is 267. The topological polar surface area (TPSA) is 61.4 Å². The maximum Gasteiger partial charge on any atom is 0.224 e. The van der Waals surface area contributed by atoms with Gasteiger partial charge in [-0.3, -0.25) is 4.79 Å². The average Bonchev–Trinajstić information content (AvgIpc) is 2.62. The predicted octanol–water partition coefficient (Wildman–Crippen LogP) is 1.19. The highest BCUT2D eigenvalue weighted by molar-refractivity contribution is 5.79. The van der Waals surface area contributed by atoms with Crippen LogP contribution in [0.5, 0.6) is 0 Å². The van der Waals surface area contributed by atoms with E-state index in [4.69, 9.17) is 0 Å². The number of hydrogen-bond acceptors (Lipinski definition) is 3. The molecule has 4 heteroatoms. The van der Waals surface area contributed by atoms with E-state index in [1.54, 1.807) is 0 Å². The zero-order valence-electron chi connectivity index (χ0n) is 11.2. The number of hydrogen-bond donors (Lipinski definition) is 3. The first-order valence-electron chi connectivity index (χ1n) is 7.40. The molecule has 0 aromatic rings. The molecule has 0 unspecified atom stereocenters. The van der Waals surface area contributed by atoms with Crippen molar-refractivity contribution in [2.24, 2.45) is 5.92 Å². The average molecular weight is 254 g/mol. The number of piperidine rings is 1. The van der Waals surface area contributed by atoms with Crippen LogP contribution in [-0.4, -0.2) is 36.2 Å². The van der Waals surface area contributed by atoms with Crippen LogP contribution in [0.25, 0.3) is 0 Å². The van der Waals surface area contributed by atoms with Gasteiger partial charge in [0.2, 0.25) is 5.91 Å². The van der Waals surface area contributed by atoms with Crippen LogP contribution in [0, 0.1) is 5.92 Å². The van der Waals surface area contributed by atoms with Crippen molar-refractivity contribution < 1.29 is 9.90 Å². The van der Waals surface area contributed by atoms with Gasteiger partial charge >= 0.3 is 0 Å². The number of amides is 1. The van der Waals surface area contributed by atoms with Crippen molar-refractivity contribution in [3.63, 3.8) is 0 Å². The SMILES string of the molecule is O=C(NCC1(O)CCCCCC1)[C@H]1CCCNC1. The summed E-state index contributed by atoms with van der Waals surface area (Å²) in [5, 5.41) is 16.7. The summed E-state index contributed by atoms with van der Waals surface area (Å²) in [6.07, 6.45) is 8.28. The third-order valence-electron chi connectivity index (χ3n) is 4.29. The van der Waals surface area contributed by atoms with Crippen LogP contribution >= 0.6 is 0 Å². The molecule has 1 aliphatic carbocycles. The van der Waals surface area contributed by atoms with E-state index in [0.29, 0.717) is 6.54 Å². The highest BCUT2D eigenvalue weighted by Crippen LogP contribution is 2.26. The Hall–Kier alpha value is -0.610. The molecule has 1 aliphatic heterocycles. The quantitative estimate of drug-likeness (QED) is 0.663. The molecule has 0 spiro atoms. The molecule has 2 rings (SSSR count). The maximum absolute atomic E-state index is 12.0. The molecule has 4 nitrogen and oxygen atoms in total. The highest BCUT2D eigenvalue weighted by Gasteiger charge is 2.29. The van der Waals surface area contributed by atoms with Gasteiger partial charge in [-0.15, -0.1) is 0 Å². The van der Waals surface area contributed by atoms with E-state index in [9.17, 15) is 9.90 Å². The fourth-order valence-electron chi connectivity index (χ4n) is 3.04. The first-order valence-corrected chi connectivity index (χ1v) is 7.40. The molecule has 0 radical (unpaired) electrons. The molecular weight excluding hydrogens is 228 g/mol. The van der Waals surface area contributed by atoms with Gasteiger partial charge in [0, 0.05) is 13.1 Å². The van der Waals surface area contributed by atoms with Crippen LogP contribution in [0.15, 0.2) is 0 Å². The van der Waals surface area contributed by atoms with Gasteiger partial charge in [-0.1, -0.05) is 25.7 Å². The van der Waals surface area contributed by atoms with Crippen LogP contribution in [0.3, 0.4) is 0 Å². The molecule has 1 amide bonds. The van der Waals surface area contributed by atoms with Crippen LogP contribution in [-0.2, 0) is 4.79 Å². The lowest BCUT2D eigenvalue weighted by molar-refractivity contribution is -0.126. The lowest BCUT2D eigenvalue weighted by Crippen LogP contribution is -2.47. The molecule has 1 heterocycles. The summed E-state index contributed by atoms with van der Waals surface area (Å²) in [6.45, 7) is 2.24. The molecule has 0 aromatic carbocycles. The van der Waals surface area contributed by atoms with Crippen molar-refractivity contribution in [3.8, 4) is 0 Å². The summed E-state index contributed by atoms with van der Waals surface area (Å²) < 4.78 is 0. The van der Waals surface area contributed by atoms with Gasteiger partial charge in [-0.05, 0) is 32.2 Å². The molecule has 0 aromatic heterocycles. The van der Waals surface area contributed by atoms with E-state index in [0.717, 1.165) is 51.6 Å². The number of rotatable bonds is 3. The third kappa shape index (κ3) is 3.95. The summed E-state index contributed by atoms with van der Waals surface area (Å²) in [5.74, 6) is 0.202. The second-order valence-electron chi connectivity index (χ2n) is 5.90. The van der Waals surface area contributed by atoms with Crippen molar-refractivity contribution in [2.45, 2.75) is 57.0 Å². The number of carbonyl (C=O) groups excluding carboxylic acids is 1. The molecule has 3 N–H and O–H groups in total. The van der Waals surface area contributed by atoms with E-state index in [1.165, 1.54) is 12.8 Å². The fourth-order valence-corrected chi connectivity index (χ4v) is 3.04. The molecule has 1 saturated heterocycles. The van der Waals surface area contributed by atoms with E-state index >= 15 is 0 Å². The molecule has 2 fully saturated rings. The van der Waals surface area contributed by atoms with Gasteiger partial charge in [0.25, 0.3) is 0 Å². The molecule has 1 saturated carbocycles. The van der Waals surface area contributed by atoms with E-state index in [1.807, 2.05) is 0 Å². The monoisotopic (exact) mass is 254 g/mol. The first kappa shape index (κ1) is 13.8. The molecule has 104 valence electrons. The van der Waals surface area contributed by atoms with Crippen molar-refractivity contribution in [1.29, 1.82) is 0 Å². The summed E-state index contributed by atoms with van der Waals surface area (Å²) in [5.41, 5.74) is -0.658. The van der Waals surface area contributed by atoms with E-state index < -0.39 is 5.60 Å². The van der Waals surface area contributed by atoms with Gasteiger partial charge in [0.05, 0.1) is 11.5 Å². The largest absolute Gasteiger partial charge is 0.388 e. The Kier molecular flexibility index (Phi) is 5.01. The zero-order chi connectivity index (χ0) is 12.8. The van der Waals surface area contributed by atoms with Gasteiger partial charge in [-0.2, -0.15) is 0 Å². The summed E-state index contributed by atoms with van der Waals surface area (Å²) in [4.78, 5) is 12.0. The molecule has 2 aliphatic rings. The molecule has 0 bridgehead atoms. The molecule has 18 heavy (non-hydrogen) atoms. The maximum atomic E-state index is 12.0. The minimum Gasteiger partial charge on any atom is -0.388 e. The fraction of sp³-hybridized carbons (Fsp3) is 0.929. The van der Waals surface area contributed by atoms with Crippen molar-refractivity contribution in [1.82, 2.24) is 10.6 Å². The van der Waals surface area contributed by atoms with Crippen molar-refractivity contribution in [2.75, 3.05) is 19.6 Å². The summed E-state index contributed by atoms with van der Waals surface area (Å²) in [7, 11) is 0. The van der Waals surface area contributed by atoms with Crippen LogP contribution in [0.2, 0.25) is 0 Å². The van der Waals surface area contributed by atoms with Gasteiger partial charge in [0.1, 0.15) is 0 Å². The molecular formula is C14H26N2O2. The van der Waals surface area contributed by atoms with Gasteiger partial charge in [0.15, 0.2) is 0 Å². The number of nitrogens with one attached hydrogen (secondary N) is 2. The van der Waals surface area contributed by atoms with Crippen LogP contribution in [0.1, 0.15) is 51.4 Å². The van der Waals surface area contributed by atoms with Crippen LogP contribution in [0.4, 0.5) is 0 Å². The Morgan fingerprint density at radius 2 is 1.94 bits per heavy atom. The van der Waals surface area contributed by atoms with Crippen molar-refractivity contribution >= 4 is 5.91 Å². The standard InChI is InChI=1S/C14H26N2O2/c17-13(12-6-5-9-15-10-12)16-11-14(18)7-3-1-2-4-8-14/h12,15,18H,1-11H2,(H,16,17)/t12-/m0/s1. The number of aliphatic hydroxyl groups is 1. The smallest absolute Gasteiger partial charge is 0.224 e. The van der Waals surface area contributed by atoms with Crippen LogP contribution < -0.4 is 10.6 Å². The second kappa shape index (κ2) is 6.53. The summed E-state index contributed by atoms with van der Waals surface area (Å²) >= 11 is 0. The van der Waals surface area contributed by atoms with Gasteiger partial charge < -0.3 is 15.7 Å². The summed E-state index contributed by atoms with van der Waals surface area (Å²) in [6, 6.07) is 0. The van der Waals surface area contributed by atoms with E-state index in [2.05, 4.69) is 10.6 Å². The lowest BCUT2D eigenvalue weighted by atomic mass is 9.93. The third-order valence-corrected chi connectivity index (χ3v) is 4.29. The second-order valence-corrected chi connectivity index (χ2v) is 5.90. The Labute approximate surface area is 110 Å². The molecule has 1 atom stereocenters. The minimum absolute atomic E-state index is 0.0909. The minimum atomic E-state index is -0.658. The lowest BCUT2D eigenvalue weighted by Gasteiger charge is -2.29. The number of carbonyl (C=O) groups is 1. The predicted molar refractivity (Wildman–Crippen MR) is 71.3 cm³/mol. The Morgan fingerprint density at radius 3 is 2.56 bits per heavy atom. The van der Waals surface area contributed by atoms with E-state index in [-0.39, 0.29) is 11.8 Å². The highest BCUT2D eigenvalue weighted by atomic mass is 16.3. The van der Waals surface area contributed by atoms with Crippen molar-refractivity contribution in [3.05, 3.63) is 0 Å².